The van der Waals surface area contributed by atoms with Crippen molar-refractivity contribution in [1.82, 2.24) is 15.2 Å². The largest absolute Gasteiger partial charge is 0.481 e. The smallest absolute Gasteiger partial charge is 0.412 e. The topological polar surface area (TPSA) is 121 Å². The second-order valence-electron chi connectivity index (χ2n) is 9.80. The maximum atomic E-state index is 13.6. The number of pyridine rings is 1. The molecule has 38 heavy (non-hydrogen) atoms. The van der Waals surface area contributed by atoms with Crippen molar-refractivity contribution in [3.8, 4) is 0 Å². The number of likely N-dealkylation sites (N-methyl/N-ethyl adjacent to an activating group) is 1. The molecule has 1 heterocycles. The molecule has 3 N–H and O–H groups in total. The number of carboxylic acid groups (broad SMARTS) is 1. The number of carbonyl (C=O) groups is 3. The zero-order chi connectivity index (χ0) is 28.0. The lowest BCUT2D eigenvalue weighted by atomic mass is 9.84. The van der Waals surface area contributed by atoms with Gasteiger partial charge in [0.2, 0.25) is 0 Å². The molecule has 1 aromatic heterocycles. The second-order valence-corrected chi connectivity index (χ2v) is 10.2. The van der Waals surface area contributed by atoms with Crippen molar-refractivity contribution in [2.75, 3.05) is 19.0 Å². The number of nitrogens with one attached hydrogen (secondary N) is 2. The third-order valence-corrected chi connectivity index (χ3v) is 6.37. The normalized spacial score (nSPS) is 12.1. The summed E-state index contributed by atoms with van der Waals surface area (Å²) in [7, 11) is 1.37. The van der Waals surface area contributed by atoms with Gasteiger partial charge in [-0.25, -0.2) is 19.0 Å². The van der Waals surface area contributed by atoms with E-state index in [9.17, 15) is 23.9 Å². The Kier molecular flexibility index (Phi) is 9.11. The summed E-state index contributed by atoms with van der Waals surface area (Å²) in [4.78, 5) is 41.9. The van der Waals surface area contributed by atoms with Crippen LogP contribution in [0.1, 0.15) is 38.3 Å². The molecule has 0 aliphatic carbocycles. The maximum Gasteiger partial charge on any atom is 0.412 e. The molecule has 0 spiro atoms. The number of ether oxygens (including phenoxy) is 1. The number of carbonyl (C=O) groups excluding carboxylic acids is 2. The number of urea groups is 1. The summed E-state index contributed by atoms with van der Waals surface area (Å²) in [6, 6.07) is 10.2. The lowest BCUT2D eigenvalue weighted by Crippen LogP contribution is -2.46. The van der Waals surface area contributed by atoms with Crippen LogP contribution in [0, 0.1) is 5.82 Å². The van der Waals surface area contributed by atoms with Gasteiger partial charge in [0.15, 0.2) is 0 Å². The van der Waals surface area contributed by atoms with Gasteiger partial charge in [0.05, 0.1) is 17.5 Å². The van der Waals surface area contributed by atoms with Crippen LogP contribution in [0.15, 0.2) is 48.7 Å². The Morgan fingerprint density at radius 3 is 2.58 bits per heavy atom. The third-order valence-electron chi connectivity index (χ3n) is 5.95. The Labute approximate surface area is 224 Å². The molecule has 0 aliphatic rings. The monoisotopic (exact) mass is 544 g/mol. The highest BCUT2D eigenvalue weighted by Crippen LogP contribution is 2.30. The van der Waals surface area contributed by atoms with Crippen molar-refractivity contribution >= 4 is 46.3 Å². The summed E-state index contributed by atoms with van der Waals surface area (Å²) in [5.41, 5.74) is 1.31. The van der Waals surface area contributed by atoms with E-state index in [1.54, 1.807) is 18.3 Å². The Morgan fingerprint density at radius 2 is 1.89 bits per heavy atom. The minimum atomic E-state index is -1.18. The highest BCUT2D eigenvalue weighted by molar-refractivity contribution is 6.31. The van der Waals surface area contributed by atoms with Crippen LogP contribution >= 0.6 is 11.6 Å². The predicted molar refractivity (Wildman–Crippen MR) is 143 cm³/mol. The van der Waals surface area contributed by atoms with E-state index >= 15 is 0 Å². The first-order valence-corrected chi connectivity index (χ1v) is 12.2. The van der Waals surface area contributed by atoms with Gasteiger partial charge in [-0.15, -0.1) is 0 Å². The predicted octanol–water partition coefficient (Wildman–Crippen LogP) is 5.56. The quantitative estimate of drug-likeness (QED) is 0.341. The first-order valence-electron chi connectivity index (χ1n) is 11.8. The van der Waals surface area contributed by atoms with Crippen molar-refractivity contribution < 1.29 is 28.6 Å². The van der Waals surface area contributed by atoms with Gasteiger partial charge >= 0.3 is 18.1 Å². The van der Waals surface area contributed by atoms with Crippen LogP contribution in [0.25, 0.3) is 10.8 Å². The number of benzene rings is 2. The lowest BCUT2D eigenvalue weighted by molar-refractivity contribution is -0.138. The van der Waals surface area contributed by atoms with E-state index < -0.39 is 36.4 Å². The van der Waals surface area contributed by atoms with E-state index in [0.29, 0.717) is 5.56 Å². The van der Waals surface area contributed by atoms with Crippen LogP contribution in [-0.4, -0.2) is 52.8 Å². The first-order chi connectivity index (χ1) is 17.9. The number of fused-ring (bicyclic) bond motifs is 1. The molecule has 1 unspecified atom stereocenters. The SMILES string of the molecule is CN(C(=O)NCc1cccc(F)c1Cl)C(COC(=O)Nc1cc2c(C(C)(C)C)cccc2cn1)CC(=O)O. The van der Waals surface area contributed by atoms with Crippen molar-refractivity contribution in [2.24, 2.45) is 0 Å². The summed E-state index contributed by atoms with van der Waals surface area (Å²) >= 11 is 5.91. The van der Waals surface area contributed by atoms with Crippen molar-refractivity contribution in [3.63, 3.8) is 0 Å². The molecule has 0 saturated carbocycles. The van der Waals surface area contributed by atoms with Crippen LogP contribution in [0.5, 0.6) is 0 Å². The van der Waals surface area contributed by atoms with E-state index in [1.807, 2.05) is 18.2 Å². The molecule has 1 atom stereocenters. The number of hydrogen-bond acceptors (Lipinski definition) is 5. The molecule has 0 fully saturated rings. The van der Waals surface area contributed by atoms with E-state index in [4.69, 9.17) is 16.3 Å². The molecule has 0 saturated heterocycles. The number of hydrogen-bond donors (Lipinski definition) is 3. The van der Waals surface area contributed by atoms with E-state index in [-0.39, 0.29) is 29.4 Å². The van der Waals surface area contributed by atoms with E-state index in [0.717, 1.165) is 21.2 Å². The number of aliphatic carboxylic acids is 1. The number of nitrogens with zero attached hydrogens (tertiary/aromatic N) is 2. The fourth-order valence-corrected chi connectivity index (χ4v) is 4.05. The van der Waals surface area contributed by atoms with Crippen molar-refractivity contribution in [3.05, 3.63) is 70.6 Å². The number of aromatic nitrogens is 1. The van der Waals surface area contributed by atoms with Crippen molar-refractivity contribution in [1.29, 1.82) is 0 Å². The molecule has 0 bridgehead atoms. The molecular weight excluding hydrogens is 515 g/mol. The van der Waals surface area contributed by atoms with Gasteiger partial charge in [0, 0.05) is 25.2 Å². The van der Waals surface area contributed by atoms with Gasteiger partial charge in [-0.3, -0.25) is 10.1 Å². The Bertz CT molecular complexity index is 1340. The molecule has 2 aromatic carbocycles. The molecular formula is C27H30ClFN4O5. The van der Waals surface area contributed by atoms with Crippen LogP contribution < -0.4 is 10.6 Å². The summed E-state index contributed by atoms with van der Waals surface area (Å²) < 4.78 is 18.9. The average molecular weight is 545 g/mol. The minimum Gasteiger partial charge on any atom is -0.481 e. The Morgan fingerprint density at radius 1 is 1.18 bits per heavy atom. The molecule has 3 aromatic rings. The number of carboxylic acids is 1. The highest BCUT2D eigenvalue weighted by atomic mass is 35.5. The Balaban J connectivity index is 1.64. The summed E-state index contributed by atoms with van der Waals surface area (Å²) in [6.07, 6.45) is 0.332. The number of rotatable bonds is 8. The molecule has 0 aliphatic heterocycles. The van der Waals surface area contributed by atoms with Crippen molar-refractivity contribution in [2.45, 2.75) is 45.2 Å². The van der Waals surface area contributed by atoms with Gasteiger partial charge in [-0.05, 0) is 34.1 Å². The molecule has 202 valence electrons. The van der Waals surface area contributed by atoms with Crippen LogP contribution in [0.3, 0.4) is 0 Å². The fraction of sp³-hybridized carbons (Fsp3) is 0.333. The zero-order valence-electron chi connectivity index (χ0n) is 21.5. The van der Waals surface area contributed by atoms with Crippen LogP contribution in [-0.2, 0) is 21.5 Å². The Hall–Kier alpha value is -3.92. The van der Waals surface area contributed by atoms with Gasteiger partial charge in [-0.2, -0.15) is 0 Å². The summed E-state index contributed by atoms with van der Waals surface area (Å²) in [5, 5.41) is 16.2. The molecule has 3 rings (SSSR count). The van der Waals surface area contributed by atoms with Gasteiger partial charge in [0.1, 0.15) is 18.2 Å². The van der Waals surface area contributed by atoms with Gasteiger partial charge < -0.3 is 20.1 Å². The van der Waals surface area contributed by atoms with Crippen LogP contribution in [0.2, 0.25) is 5.02 Å². The fourth-order valence-electron chi connectivity index (χ4n) is 3.86. The minimum absolute atomic E-state index is 0.0783. The summed E-state index contributed by atoms with van der Waals surface area (Å²) in [6.45, 7) is 5.80. The zero-order valence-corrected chi connectivity index (χ0v) is 22.3. The van der Waals surface area contributed by atoms with Gasteiger partial charge in [-0.1, -0.05) is 62.7 Å². The second kappa shape index (κ2) is 12.1. The summed E-state index contributed by atoms with van der Waals surface area (Å²) in [5.74, 6) is -1.53. The third kappa shape index (κ3) is 7.32. The molecule has 3 amide bonds. The number of anilines is 1. The molecule has 9 nitrogen and oxygen atoms in total. The lowest BCUT2D eigenvalue weighted by Gasteiger charge is -2.27. The maximum absolute atomic E-state index is 13.6. The average Bonchev–Trinajstić information content (AvgIpc) is 2.85. The number of amides is 3. The van der Waals surface area contributed by atoms with Gasteiger partial charge in [0.25, 0.3) is 0 Å². The molecule has 11 heteroatoms. The molecule has 0 radical (unpaired) electrons. The van der Waals surface area contributed by atoms with Crippen LogP contribution in [0.4, 0.5) is 19.8 Å². The number of halogens is 2. The standard InChI is InChI=1S/C27H30ClFN4O5/c1-27(2,3)20-9-5-7-16-13-30-22(12-19(16)20)32-26(37)38-15-18(11-23(34)35)33(4)25(36)31-14-17-8-6-10-21(29)24(17)28/h5-10,12-13,18H,11,14-15H2,1-4H3,(H,31,36)(H,34,35)(H,30,32,37). The van der Waals surface area contributed by atoms with E-state index in [1.165, 1.54) is 19.2 Å². The first kappa shape index (κ1) is 28.6. The van der Waals surface area contributed by atoms with E-state index in [2.05, 4.69) is 36.4 Å². The highest BCUT2D eigenvalue weighted by Gasteiger charge is 2.25.